The zero-order valence-corrected chi connectivity index (χ0v) is 10.2. The van der Waals surface area contributed by atoms with Gasteiger partial charge in [0.15, 0.2) is 11.5 Å². The van der Waals surface area contributed by atoms with E-state index in [1.54, 1.807) is 0 Å². The number of H-pyrrole nitrogens is 1. The zero-order chi connectivity index (χ0) is 14.1. The van der Waals surface area contributed by atoms with Crippen molar-refractivity contribution >= 4 is 22.9 Å². The Morgan fingerprint density at radius 2 is 2.10 bits per heavy atom. The minimum Gasteiger partial charge on any atom is -0.368 e. The molecule has 102 valence electrons. The van der Waals surface area contributed by atoms with Crippen LogP contribution < -0.4 is 11.1 Å². The molecule has 0 fully saturated rings. The lowest BCUT2D eigenvalue weighted by Crippen LogP contribution is -2.06. The molecule has 0 saturated carbocycles. The van der Waals surface area contributed by atoms with Gasteiger partial charge < -0.3 is 16.0 Å². The van der Waals surface area contributed by atoms with Gasteiger partial charge in [-0.15, -0.1) is 0 Å². The normalized spacial score (nSPS) is 10.9. The van der Waals surface area contributed by atoms with Gasteiger partial charge in [0.25, 0.3) is 0 Å². The number of hydrogen-bond acceptors (Lipinski definition) is 5. The molecule has 0 amide bonds. The summed E-state index contributed by atoms with van der Waals surface area (Å²) < 4.78 is 26.3. The minimum atomic E-state index is -0.625. The highest BCUT2D eigenvalue weighted by Crippen LogP contribution is 2.19. The number of anilines is 2. The minimum absolute atomic E-state index is 0.0617. The fourth-order valence-corrected chi connectivity index (χ4v) is 1.82. The molecule has 20 heavy (non-hydrogen) atoms. The van der Waals surface area contributed by atoms with Crippen LogP contribution in [-0.2, 0) is 6.54 Å². The Bertz CT molecular complexity index is 770. The van der Waals surface area contributed by atoms with Crippen molar-refractivity contribution in [3.8, 4) is 0 Å². The molecule has 0 aliphatic rings. The largest absolute Gasteiger partial charge is 0.368 e. The van der Waals surface area contributed by atoms with Crippen molar-refractivity contribution in [2.75, 3.05) is 11.1 Å². The average molecular weight is 276 g/mol. The predicted octanol–water partition coefficient (Wildman–Crippen LogP) is 1.83. The van der Waals surface area contributed by atoms with E-state index in [0.717, 1.165) is 6.07 Å². The van der Waals surface area contributed by atoms with Crippen LogP contribution in [0.25, 0.3) is 11.2 Å². The summed E-state index contributed by atoms with van der Waals surface area (Å²) in [6, 6.07) is 3.39. The maximum atomic E-state index is 13.5. The van der Waals surface area contributed by atoms with E-state index in [1.807, 2.05) is 0 Å². The van der Waals surface area contributed by atoms with Crippen molar-refractivity contribution in [1.82, 2.24) is 19.9 Å². The van der Waals surface area contributed by atoms with Crippen molar-refractivity contribution in [3.05, 3.63) is 41.7 Å². The summed E-state index contributed by atoms with van der Waals surface area (Å²) in [5.74, 6) is -0.769. The number of halogens is 2. The predicted molar refractivity (Wildman–Crippen MR) is 69.8 cm³/mol. The number of nitrogen functional groups attached to an aromatic ring is 1. The number of aromatic nitrogens is 4. The summed E-state index contributed by atoms with van der Waals surface area (Å²) in [4.78, 5) is 14.8. The van der Waals surface area contributed by atoms with Crippen LogP contribution >= 0.6 is 0 Å². The Hall–Kier alpha value is -2.77. The molecule has 0 aliphatic carbocycles. The first-order valence-corrected chi connectivity index (χ1v) is 5.78. The van der Waals surface area contributed by atoms with E-state index < -0.39 is 11.6 Å². The summed E-state index contributed by atoms with van der Waals surface area (Å²) in [5.41, 5.74) is 6.87. The second kappa shape index (κ2) is 4.72. The van der Waals surface area contributed by atoms with Crippen LogP contribution in [0.2, 0.25) is 0 Å². The number of nitrogens with two attached hydrogens (primary N) is 1. The highest BCUT2D eigenvalue weighted by molar-refractivity contribution is 5.83. The van der Waals surface area contributed by atoms with Crippen LogP contribution in [0.4, 0.5) is 20.5 Å². The lowest BCUT2D eigenvalue weighted by atomic mass is 10.2. The molecule has 8 heteroatoms. The van der Waals surface area contributed by atoms with Crippen LogP contribution in [0, 0.1) is 11.6 Å². The van der Waals surface area contributed by atoms with E-state index in [1.165, 1.54) is 18.5 Å². The maximum absolute atomic E-state index is 13.5. The van der Waals surface area contributed by atoms with Crippen LogP contribution in [0.15, 0.2) is 24.5 Å². The van der Waals surface area contributed by atoms with Gasteiger partial charge in [0, 0.05) is 18.2 Å². The number of benzene rings is 1. The van der Waals surface area contributed by atoms with Crippen molar-refractivity contribution in [1.29, 1.82) is 0 Å². The number of rotatable bonds is 3. The summed E-state index contributed by atoms with van der Waals surface area (Å²) in [6.07, 6.45) is 1.46. The molecule has 0 spiro atoms. The number of hydrogen-bond donors (Lipinski definition) is 3. The number of nitrogens with one attached hydrogen (secondary N) is 2. The Morgan fingerprint density at radius 1 is 1.25 bits per heavy atom. The summed E-state index contributed by atoms with van der Waals surface area (Å²) in [6.45, 7) is 0.136. The molecule has 4 N–H and O–H groups in total. The lowest BCUT2D eigenvalue weighted by molar-refractivity contribution is 0.574. The molecule has 2 aromatic heterocycles. The number of fused-ring (bicyclic) bond motifs is 1. The Balaban J connectivity index is 1.88. The molecule has 0 radical (unpaired) electrons. The van der Waals surface area contributed by atoms with E-state index in [2.05, 4.69) is 25.3 Å². The molecule has 1 aromatic carbocycles. The van der Waals surface area contributed by atoms with Gasteiger partial charge in [-0.25, -0.2) is 13.8 Å². The van der Waals surface area contributed by atoms with E-state index in [-0.39, 0.29) is 12.5 Å². The Labute approximate surface area is 112 Å². The smallest absolute Gasteiger partial charge is 0.224 e. The first-order chi connectivity index (χ1) is 9.63. The van der Waals surface area contributed by atoms with E-state index >= 15 is 0 Å². The third-order valence-corrected chi connectivity index (χ3v) is 2.76. The first kappa shape index (κ1) is 12.3. The van der Waals surface area contributed by atoms with Gasteiger partial charge >= 0.3 is 0 Å². The molecular formula is C12H10F2N6. The molecule has 6 nitrogen and oxygen atoms in total. The van der Waals surface area contributed by atoms with E-state index in [4.69, 9.17) is 5.73 Å². The Kier molecular flexibility index (Phi) is 2.90. The highest BCUT2D eigenvalue weighted by atomic mass is 19.1. The van der Waals surface area contributed by atoms with E-state index in [9.17, 15) is 8.78 Å². The molecule has 3 rings (SSSR count). The number of aromatic amines is 1. The molecule has 0 aliphatic heterocycles. The highest BCUT2D eigenvalue weighted by Gasteiger charge is 2.09. The third kappa shape index (κ3) is 2.22. The van der Waals surface area contributed by atoms with E-state index in [0.29, 0.717) is 22.5 Å². The standard InChI is InChI=1S/C12H10F2N6/c13-7-2-1-6(8(14)3-7)4-16-10-9-11(18-5-17-9)20-12(15)19-10/h1-3,5H,4H2,(H4,15,16,17,18,19,20). The summed E-state index contributed by atoms with van der Waals surface area (Å²) >= 11 is 0. The first-order valence-electron chi connectivity index (χ1n) is 5.78. The molecule has 3 aromatic rings. The average Bonchev–Trinajstić information content (AvgIpc) is 2.85. The SMILES string of the molecule is Nc1nc(NCc2ccc(F)cc2F)c2[nH]cnc2n1. The van der Waals surface area contributed by atoms with Crippen molar-refractivity contribution in [3.63, 3.8) is 0 Å². The van der Waals surface area contributed by atoms with Gasteiger partial charge in [0.1, 0.15) is 17.2 Å². The number of nitrogens with zero attached hydrogens (tertiary/aromatic N) is 3. The molecule has 0 unspecified atom stereocenters. The molecular weight excluding hydrogens is 266 g/mol. The van der Waals surface area contributed by atoms with Crippen LogP contribution in [0.5, 0.6) is 0 Å². The molecule has 2 heterocycles. The second-order valence-electron chi connectivity index (χ2n) is 4.12. The lowest BCUT2D eigenvalue weighted by Gasteiger charge is -2.08. The van der Waals surface area contributed by atoms with Crippen LogP contribution in [-0.4, -0.2) is 19.9 Å². The van der Waals surface area contributed by atoms with Crippen LogP contribution in [0.1, 0.15) is 5.56 Å². The molecule has 0 bridgehead atoms. The van der Waals surface area contributed by atoms with Crippen molar-refractivity contribution in [2.45, 2.75) is 6.54 Å². The monoisotopic (exact) mass is 276 g/mol. The quantitative estimate of drug-likeness (QED) is 0.678. The summed E-state index contributed by atoms with van der Waals surface area (Å²) in [7, 11) is 0. The van der Waals surface area contributed by atoms with Gasteiger partial charge in [0.05, 0.1) is 6.33 Å². The van der Waals surface area contributed by atoms with Gasteiger partial charge in [-0.2, -0.15) is 9.97 Å². The maximum Gasteiger partial charge on any atom is 0.224 e. The zero-order valence-electron chi connectivity index (χ0n) is 10.2. The van der Waals surface area contributed by atoms with Gasteiger partial charge in [0.2, 0.25) is 5.95 Å². The fraction of sp³-hybridized carbons (Fsp3) is 0.0833. The van der Waals surface area contributed by atoms with Crippen molar-refractivity contribution in [2.24, 2.45) is 0 Å². The molecule has 0 saturated heterocycles. The topological polar surface area (TPSA) is 92.5 Å². The molecule has 0 atom stereocenters. The number of imidazole rings is 1. The van der Waals surface area contributed by atoms with Crippen molar-refractivity contribution < 1.29 is 8.78 Å². The van der Waals surface area contributed by atoms with Gasteiger partial charge in [-0.3, -0.25) is 0 Å². The summed E-state index contributed by atoms with van der Waals surface area (Å²) in [5, 5.41) is 2.93. The van der Waals surface area contributed by atoms with Crippen LogP contribution in [0.3, 0.4) is 0 Å². The van der Waals surface area contributed by atoms with Gasteiger partial charge in [-0.05, 0) is 6.07 Å². The van der Waals surface area contributed by atoms with Gasteiger partial charge in [-0.1, -0.05) is 6.07 Å². The third-order valence-electron chi connectivity index (χ3n) is 2.76. The Morgan fingerprint density at radius 3 is 2.90 bits per heavy atom. The fourth-order valence-electron chi connectivity index (χ4n) is 1.82. The second-order valence-corrected chi connectivity index (χ2v) is 4.12.